The summed E-state index contributed by atoms with van der Waals surface area (Å²) in [4.78, 5) is 23.3. The second kappa shape index (κ2) is 7.21. The summed E-state index contributed by atoms with van der Waals surface area (Å²) >= 11 is 0. The summed E-state index contributed by atoms with van der Waals surface area (Å²) in [5.41, 5.74) is 0.951. The van der Waals surface area contributed by atoms with Crippen LogP contribution < -0.4 is 10.6 Å². The van der Waals surface area contributed by atoms with Crippen LogP contribution in [-0.4, -0.2) is 18.6 Å². The highest BCUT2D eigenvalue weighted by Gasteiger charge is 2.08. The lowest BCUT2D eigenvalue weighted by molar-refractivity contribution is 0.0526. The van der Waals surface area contributed by atoms with Gasteiger partial charge in [-0.25, -0.2) is 14.0 Å². The molecular weight excluding hydrogens is 287 g/mol. The fourth-order valence-electron chi connectivity index (χ4n) is 1.75. The number of halogens is 1. The number of carbonyl (C=O) groups excluding carboxylic acids is 2. The molecule has 2 amide bonds. The molecule has 0 saturated carbocycles. The zero-order valence-corrected chi connectivity index (χ0v) is 11.9. The molecule has 0 spiro atoms. The minimum atomic E-state index is -0.575. The van der Waals surface area contributed by atoms with Crippen molar-refractivity contribution in [3.8, 4) is 0 Å². The van der Waals surface area contributed by atoms with Crippen LogP contribution in [-0.2, 0) is 4.74 Å². The Morgan fingerprint density at radius 2 is 1.73 bits per heavy atom. The van der Waals surface area contributed by atoms with Crippen LogP contribution in [0.1, 0.15) is 17.3 Å². The highest BCUT2D eigenvalue weighted by atomic mass is 19.1. The summed E-state index contributed by atoms with van der Waals surface area (Å²) in [5.74, 6) is -0.944. The lowest BCUT2D eigenvalue weighted by atomic mass is 10.2. The second-order valence-electron chi connectivity index (χ2n) is 4.36. The standard InChI is InChI=1S/C16H15FN2O3/c1-2-22-15(20)11-7-9-12(10-8-11)18-16(21)19-14-6-4-3-5-13(14)17/h3-10H,2H2,1H3,(H2,18,19,21). The monoisotopic (exact) mass is 302 g/mol. The van der Waals surface area contributed by atoms with Gasteiger partial charge in [-0.2, -0.15) is 0 Å². The molecule has 0 aliphatic rings. The van der Waals surface area contributed by atoms with Crippen LogP contribution >= 0.6 is 0 Å². The van der Waals surface area contributed by atoms with E-state index in [-0.39, 0.29) is 5.69 Å². The van der Waals surface area contributed by atoms with Crippen LogP contribution in [0.3, 0.4) is 0 Å². The number of amides is 2. The van der Waals surface area contributed by atoms with E-state index in [1.165, 1.54) is 30.3 Å². The molecule has 0 heterocycles. The first-order chi connectivity index (χ1) is 10.6. The Hall–Kier alpha value is -2.89. The van der Waals surface area contributed by atoms with E-state index >= 15 is 0 Å². The molecule has 2 N–H and O–H groups in total. The maximum absolute atomic E-state index is 13.4. The van der Waals surface area contributed by atoms with Crippen LogP contribution in [0.4, 0.5) is 20.6 Å². The van der Waals surface area contributed by atoms with Crippen molar-refractivity contribution in [1.29, 1.82) is 0 Å². The summed E-state index contributed by atoms with van der Waals surface area (Å²) in [6, 6.07) is 11.5. The van der Waals surface area contributed by atoms with Crippen molar-refractivity contribution in [3.05, 3.63) is 59.9 Å². The topological polar surface area (TPSA) is 67.4 Å². The Kier molecular flexibility index (Phi) is 5.08. The Morgan fingerprint density at radius 3 is 2.36 bits per heavy atom. The van der Waals surface area contributed by atoms with E-state index in [1.807, 2.05) is 0 Å². The predicted octanol–water partition coefficient (Wildman–Crippen LogP) is 3.65. The van der Waals surface area contributed by atoms with Crippen molar-refractivity contribution in [2.24, 2.45) is 0 Å². The third-order valence-corrected chi connectivity index (χ3v) is 2.78. The molecule has 0 atom stereocenters. The molecule has 5 nitrogen and oxygen atoms in total. The molecule has 0 bridgehead atoms. The maximum atomic E-state index is 13.4. The first-order valence-electron chi connectivity index (χ1n) is 6.70. The van der Waals surface area contributed by atoms with E-state index in [4.69, 9.17) is 4.74 Å². The molecule has 114 valence electrons. The lowest BCUT2D eigenvalue weighted by Crippen LogP contribution is -2.20. The number of esters is 1. The Morgan fingerprint density at radius 1 is 1.05 bits per heavy atom. The van der Waals surface area contributed by atoms with Gasteiger partial charge in [-0.1, -0.05) is 12.1 Å². The predicted molar refractivity (Wildman–Crippen MR) is 81.4 cm³/mol. The number of carbonyl (C=O) groups is 2. The van der Waals surface area contributed by atoms with Gasteiger partial charge in [0.2, 0.25) is 0 Å². The van der Waals surface area contributed by atoms with Crippen LogP contribution in [0.2, 0.25) is 0 Å². The first kappa shape index (κ1) is 15.5. The highest BCUT2D eigenvalue weighted by Crippen LogP contribution is 2.14. The van der Waals surface area contributed by atoms with Gasteiger partial charge in [0.15, 0.2) is 0 Å². The zero-order chi connectivity index (χ0) is 15.9. The average Bonchev–Trinajstić information content (AvgIpc) is 2.50. The van der Waals surface area contributed by atoms with Crippen molar-refractivity contribution >= 4 is 23.4 Å². The molecule has 22 heavy (non-hydrogen) atoms. The van der Waals surface area contributed by atoms with E-state index in [0.717, 1.165) is 0 Å². The van der Waals surface area contributed by atoms with E-state index in [1.54, 1.807) is 25.1 Å². The Labute approximate surface area is 127 Å². The molecule has 0 fully saturated rings. The number of rotatable bonds is 4. The summed E-state index contributed by atoms with van der Waals surface area (Å²) in [6.07, 6.45) is 0. The normalized spacial score (nSPS) is 9.91. The van der Waals surface area contributed by atoms with Gasteiger partial charge in [0.25, 0.3) is 0 Å². The van der Waals surface area contributed by atoms with Gasteiger partial charge >= 0.3 is 12.0 Å². The first-order valence-corrected chi connectivity index (χ1v) is 6.70. The van der Waals surface area contributed by atoms with Gasteiger partial charge in [-0.3, -0.25) is 0 Å². The minimum absolute atomic E-state index is 0.0862. The Balaban J connectivity index is 1.97. The van der Waals surface area contributed by atoms with E-state index in [0.29, 0.717) is 17.9 Å². The summed E-state index contributed by atoms with van der Waals surface area (Å²) in [7, 11) is 0. The summed E-state index contributed by atoms with van der Waals surface area (Å²) in [6.45, 7) is 2.02. The molecule has 2 aromatic rings. The number of benzene rings is 2. The molecular formula is C16H15FN2O3. The number of ether oxygens (including phenoxy) is 1. The van der Waals surface area contributed by atoms with Crippen molar-refractivity contribution in [2.45, 2.75) is 6.92 Å². The fraction of sp³-hybridized carbons (Fsp3) is 0.125. The van der Waals surface area contributed by atoms with Gasteiger partial charge in [0.05, 0.1) is 17.9 Å². The largest absolute Gasteiger partial charge is 0.462 e. The quantitative estimate of drug-likeness (QED) is 0.847. The minimum Gasteiger partial charge on any atom is -0.462 e. The molecule has 2 rings (SSSR count). The highest BCUT2D eigenvalue weighted by molar-refractivity contribution is 6.00. The number of anilines is 2. The molecule has 2 aromatic carbocycles. The molecule has 0 aliphatic carbocycles. The molecule has 0 radical (unpaired) electrons. The molecule has 0 aromatic heterocycles. The molecule has 0 aliphatic heterocycles. The molecule has 6 heteroatoms. The summed E-state index contributed by atoms with van der Waals surface area (Å²) in [5, 5.41) is 4.95. The van der Waals surface area contributed by atoms with Crippen molar-refractivity contribution in [3.63, 3.8) is 0 Å². The number of hydrogen-bond donors (Lipinski definition) is 2. The third kappa shape index (κ3) is 4.05. The smallest absolute Gasteiger partial charge is 0.338 e. The van der Waals surface area contributed by atoms with Gasteiger partial charge in [0.1, 0.15) is 5.82 Å². The zero-order valence-electron chi connectivity index (χ0n) is 11.9. The van der Waals surface area contributed by atoms with Crippen molar-refractivity contribution < 1.29 is 18.7 Å². The van der Waals surface area contributed by atoms with Crippen molar-refractivity contribution in [1.82, 2.24) is 0 Å². The second-order valence-corrected chi connectivity index (χ2v) is 4.36. The fourth-order valence-corrected chi connectivity index (χ4v) is 1.75. The van der Waals surface area contributed by atoms with E-state index in [2.05, 4.69) is 10.6 Å². The van der Waals surface area contributed by atoms with Crippen molar-refractivity contribution in [2.75, 3.05) is 17.2 Å². The number of para-hydroxylation sites is 1. The summed E-state index contributed by atoms with van der Waals surface area (Å²) < 4.78 is 18.3. The van der Waals surface area contributed by atoms with E-state index in [9.17, 15) is 14.0 Å². The van der Waals surface area contributed by atoms with Crippen LogP contribution in [0.25, 0.3) is 0 Å². The van der Waals surface area contributed by atoms with E-state index < -0.39 is 17.8 Å². The van der Waals surface area contributed by atoms with Gasteiger partial charge in [-0.15, -0.1) is 0 Å². The number of nitrogens with one attached hydrogen (secondary N) is 2. The molecule has 0 unspecified atom stereocenters. The Bertz CT molecular complexity index is 671. The number of urea groups is 1. The van der Waals surface area contributed by atoms with Gasteiger partial charge in [0, 0.05) is 5.69 Å². The van der Waals surface area contributed by atoms with Crippen LogP contribution in [0, 0.1) is 5.82 Å². The number of hydrogen-bond acceptors (Lipinski definition) is 3. The average molecular weight is 302 g/mol. The SMILES string of the molecule is CCOC(=O)c1ccc(NC(=O)Nc2ccccc2F)cc1. The third-order valence-electron chi connectivity index (χ3n) is 2.78. The lowest BCUT2D eigenvalue weighted by Gasteiger charge is -2.09. The maximum Gasteiger partial charge on any atom is 0.338 e. The van der Waals surface area contributed by atoms with Crippen LogP contribution in [0.15, 0.2) is 48.5 Å². The van der Waals surface area contributed by atoms with Gasteiger partial charge in [-0.05, 0) is 43.3 Å². The molecule has 0 saturated heterocycles. The van der Waals surface area contributed by atoms with Crippen LogP contribution in [0.5, 0.6) is 0 Å². The van der Waals surface area contributed by atoms with Gasteiger partial charge < -0.3 is 15.4 Å².